The van der Waals surface area contributed by atoms with E-state index in [2.05, 4.69) is 5.32 Å². The Morgan fingerprint density at radius 3 is 2.45 bits per heavy atom. The van der Waals surface area contributed by atoms with Gasteiger partial charge in [0.15, 0.2) is 11.4 Å². The predicted molar refractivity (Wildman–Crippen MR) is 134 cm³/mol. The van der Waals surface area contributed by atoms with E-state index in [-0.39, 0.29) is 42.7 Å². The van der Waals surface area contributed by atoms with Crippen molar-refractivity contribution in [1.82, 2.24) is 5.32 Å². The second kappa shape index (κ2) is 9.38. The highest BCUT2D eigenvalue weighted by Gasteiger charge is 2.59. The van der Waals surface area contributed by atoms with Crippen LogP contribution in [-0.2, 0) is 22.6 Å². The van der Waals surface area contributed by atoms with E-state index >= 15 is 0 Å². The first kappa shape index (κ1) is 25.6. The molecule has 5 rings (SSSR count). The summed E-state index contributed by atoms with van der Waals surface area (Å²) in [7, 11) is 0. The van der Waals surface area contributed by atoms with Crippen molar-refractivity contribution in [3.63, 3.8) is 0 Å². The summed E-state index contributed by atoms with van der Waals surface area (Å²) in [5.41, 5.74) is 4.59. The molecule has 3 aliphatic rings. The van der Waals surface area contributed by atoms with Gasteiger partial charge in [0.25, 0.3) is 5.91 Å². The zero-order valence-corrected chi connectivity index (χ0v) is 20.3. The number of aliphatic hydroxyl groups excluding tert-OH is 2. The molecule has 3 atom stereocenters. The van der Waals surface area contributed by atoms with Crippen molar-refractivity contribution < 1.29 is 39.2 Å². The fraction of sp³-hybridized carbons (Fsp3) is 0.321. The number of aromatic hydroxyl groups is 1. The van der Waals surface area contributed by atoms with E-state index in [4.69, 9.17) is 5.73 Å². The van der Waals surface area contributed by atoms with Crippen LogP contribution in [0.25, 0.3) is 11.1 Å². The van der Waals surface area contributed by atoms with Crippen LogP contribution in [0.5, 0.6) is 5.75 Å². The van der Waals surface area contributed by atoms with E-state index in [1.807, 2.05) is 24.3 Å². The van der Waals surface area contributed by atoms with E-state index in [1.54, 1.807) is 6.07 Å². The number of carbonyl (C=O) groups excluding carboxylic acids is 3. The lowest BCUT2D eigenvalue weighted by atomic mass is 9.60. The molecular formula is C28H27FN2O7. The number of allylic oxidation sites excluding steroid dienone is 2. The Morgan fingerprint density at radius 2 is 1.79 bits per heavy atom. The van der Waals surface area contributed by atoms with Crippen LogP contribution in [0.15, 0.2) is 59.1 Å². The number of hydrogen-bond acceptors (Lipinski definition) is 8. The smallest absolute Gasteiger partial charge is 0.255 e. The van der Waals surface area contributed by atoms with Gasteiger partial charge < -0.3 is 31.5 Å². The Labute approximate surface area is 217 Å². The highest BCUT2D eigenvalue weighted by molar-refractivity contribution is 6.24. The molecule has 0 heterocycles. The van der Waals surface area contributed by atoms with Crippen molar-refractivity contribution in [2.75, 3.05) is 13.2 Å². The van der Waals surface area contributed by atoms with E-state index < -0.39 is 58.7 Å². The summed E-state index contributed by atoms with van der Waals surface area (Å²) in [6.45, 7) is 0.278. The molecule has 1 amide bonds. The Hall–Kier alpha value is -4.02. The van der Waals surface area contributed by atoms with Crippen molar-refractivity contribution in [2.24, 2.45) is 17.6 Å². The van der Waals surface area contributed by atoms with Crippen LogP contribution in [0.1, 0.15) is 34.3 Å². The normalized spacial score (nSPS) is 24.7. The van der Waals surface area contributed by atoms with Gasteiger partial charge in [-0.05, 0) is 47.1 Å². The van der Waals surface area contributed by atoms with E-state index in [1.165, 1.54) is 6.07 Å². The number of alkyl halides is 1. The summed E-state index contributed by atoms with van der Waals surface area (Å²) < 4.78 is 12.4. The summed E-state index contributed by atoms with van der Waals surface area (Å²) >= 11 is 0. The molecule has 7 N–H and O–H groups in total. The van der Waals surface area contributed by atoms with Crippen LogP contribution >= 0.6 is 0 Å². The maximum Gasteiger partial charge on any atom is 0.255 e. The van der Waals surface area contributed by atoms with Crippen LogP contribution in [0.3, 0.4) is 0 Å². The highest BCUT2D eigenvalue weighted by Crippen LogP contribution is 2.52. The van der Waals surface area contributed by atoms with Crippen molar-refractivity contribution in [3.8, 4) is 16.9 Å². The number of halogens is 1. The lowest BCUT2D eigenvalue weighted by Crippen LogP contribution is -2.57. The molecule has 0 fully saturated rings. The number of hydrogen-bond donors (Lipinski definition) is 6. The summed E-state index contributed by atoms with van der Waals surface area (Å²) in [6, 6.07) is 10.5. The Balaban J connectivity index is 1.57. The zero-order valence-electron chi connectivity index (χ0n) is 20.3. The molecule has 0 aliphatic heterocycles. The molecule has 9 nitrogen and oxygen atoms in total. The maximum absolute atomic E-state index is 13.7. The number of aliphatic hydroxyl groups is 3. The van der Waals surface area contributed by atoms with Crippen molar-refractivity contribution in [1.29, 1.82) is 0 Å². The van der Waals surface area contributed by atoms with E-state index in [9.17, 15) is 39.2 Å². The van der Waals surface area contributed by atoms with Gasteiger partial charge in [0.05, 0.1) is 5.56 Å². The molecule has 0 spiro atoms. The van der Waals surface area contributed by atoms with Crippen molar-refractivity contribution in [3.05, 3.63) is 75.8 Å². The van der Waals surface area contributed by atoms with Gasteiger partial charge in [-0.3, -0.25) is 14.4 Å². The number of primary amides is 1. The Kier molecular flexibility index (Phi) is 6.32. The number of phenolic OH excluding ortho intramolecular Hbond substituents is 1. The quantitative estimate of drug-likeness (QED) is 0.248. The number of fused-ring (bicyclic) bond motifs is 3. The number of ketones is 2. The molecule has 0 saturated heterocycles. The van der Waals surface area contributed by atoms with Gasteiger partial charge in [0.2, 0.25) is 5.78 Å². The minimum Gasteiger partial charge on any atom is -0.511 e. The fourth-order valence-corrected chi connectivity index (χ4v) is 5.99. The topological polar surface area (TPSA) is 170 Å². The number of nitrogens with two attached hydrogens (primary N) is 1. The van der Waals surface area contributed by atoms with Crippen LogP contribution < -0.4 is 11.1 Å². The number of Topliss-reactive ketones (excluding diaryl/α,β-unsaturated/α-hetero) is 2. The number of benzene rings is 2. The summed E-state index contributed by atoms with van der Waals surface area (Å²) in [6.07, 6.45) is 0.00925. The number of carbonyl (C=O) groups is 3. The molecule has 0 radical (unpaired) electrons. The molecular weight excluding hydrogens is 495 g/mol. The largest absolute Gasteiger partial charge is 0.511 e. The van der Waals surface area contributed by atoms with Gasteiger partial charge in [-0.25, -0.2) is 4.39 Å². The summed E-state index contributed by atoms with van der Waals surface area (Å²) in [5.74, 6) is -6.56. The SMILES string of the molecule is NC(=O)C1=C(O)C[C@@H]2C[C@@H]3Cc4c(-c5ccc(CNCCF)cc5)ccc(O)c4C(=O)C3=C(O)[C@]2(O)C1=O. The first-order valence-electron chi connectivity index (χ1n) is 12.3. The molecule has 0 aromatic heterocycles. The summed E-state index contributed by atoms with van der Waals surface area (Å²) in [5, 5.41) is 46.4. The van der Waals surface area contributed by atoms with Gasteiger partial charge in [0.1, 0.15) is 29.5 Å². The molecule has 0 saturated carbocycles. The lowest BCUT2D eigenvalue weighted by molar-refractivity contribution is -0.144. The Bertz CT molecular complexity index is 1430. The highest BCUT2D eigenvalue weighted by atomic mass is 19.1. The van der Waals surface area contributed by atoms with Crippen LogP contribution in [0.4, 0.5) is 4.39 Å². The molecule has 38 heavy (non-hydrogen) atoms. The number of amides is 1. The van der Waals surface area contributed by atoms with Gasteiger partial charge in [-0.1, -0.05) is 30.3 Å². The Morgan fingerprint density at radius 1 is 1.08 bits per heavy atom. The van der Waals surface area contributed by atoms with Crippen LogP contribution in [0, 0.1) is 11.8 Å². The van der Waals surface area contributed by atoms with Crippen LogP contribution in [-0.4, -0.2) is 56.7 Å². The number of rotatable bonds is 6. The van der Waals surface area contributed by atoms with Gasteiger partial charge >= 0.3 is 0 Å². The molecule has 198 valence electrons. The van der Waals surface area contributed by atoms with Crippen molar-refractivity contribution in [2.45, 2.75) is 31.4 Å². The van der Waals surface area contributed by atoms with E-state index in [0.717, 1.165) is 11.1 Å². The summed E-state index contributed by atoms with van der Waals surface area (Å²) in [4.78, 5) is 38.5. The third kappa shape index (κ3) is 3.79. The zero-order chi connectivity index (χ0) is 27.4. The monoisotopic (exact) mass is 522 g/mol. The second-order valence-corrected chi connectivity index (χ2v) is 9.96. The fourth-order valence-electron chi connectivity index (χ4n) is 5.99. The number of phenols is 1. The molecule has 2 aromatic rings. The third-order valence-corrected chi connectivity index (χ3v) is 7.81. The van der Waals surface area contributed by atoms with Gasteiger partial charge in [-0.2, -0.15) is 0 Å². The molecule has 3 aliphatic carbocycles. The van der Waals surface area contributed by atoms with Crippen LogP contribution in [0.2, 0.25) is 0 Å². The second-order valence-electron chi connectivity index (χ2n) is 9.96. The van der Waals surface area contributed by atoms with Gasteiger partial charge in [-0.15, -0.1) is 0 Å². The maximum atomic E-state index is 13.7. The number of nitrogens with one attached hydrogen (secondary N) is 1. The molecule has 0 bridgehead atoms. The van der Waals surface area contributed by atoms with Gasteiger partial charge in [0, 0.05) is 31.0 Å². The average Bonchev–Trinajstić information content (AvgIpc) is 2.87. The predicted octanol–water partition coefficient (Wildman–Crippen LogP) is 2.31. The minimum atomic E-state index is -2.59. The first-order valence-corrected chi connectivity index (χ1v) is 12.3. The van der Waals surface area contributed by atoms with E-state index in [0.29, 0.717) is 17.7 Å². The standard InChI is InChI=1S/C28H27FN2O7/c29-7-8-31-12-13-1-3-14(4-2-13)17-5-6-19(32)22-18(17)10-15-9-16-11-20(33)23(27(30)37)26(36)28(16,38)25(35)21(15)24(22)34/h1-6,15-16,31-33,35,38H,7-12H2,(H2,30,37)/t15-,16+,28+/m1/s1. The first-order chi connectivity index (χ1) is 18.1. The molecule has 0 unspecified atom stereocenters. The average molecular weight is 523 g/mol. The van der Waals surface area contributed by atoms with Crippen molar-refractivity contribution >= 4 is 17.5 Å². The molecule has 2 aromatic carbocycles. The minimum absolute atomic E-state index is 0.0344. The third-order valence-electron chi connectivity index (χ3n) is 7.81. The lowest BCUT2D eigenvalue weighted by Gasteiger charge is -2.45. The molecule has 10 heteroatoms.